The van der Waals surface area contributed by atoms with E-state index in [0.717, 1.165) is 13.0 Å². The third kappa shape index (κ3) is 10.8. The summed E-state index contributed by atoms with van der Waals surface area (Å²) in [5.74, 6) is -0.522. The predicted octanol–water partition coefficient (Wildman–Crippen LogP) is 6.62. The van der Waals surface area contributed by atoms with E-state index in [0.29, 0.717) is 31.7 Å². The van der Waals surface area contributed by atoms with Gasteiger partial charge in [0, 0.05) is 25.1 Å². The Morgan fingerprint density at radius 3 is 2.22 bits per heavy atom. The summed E-state index contributed by atoms with van der Waals surface area (Å²) in [6.07, 6.45) is -1.54. The molecule has 0 aliphatic carbocycles. The summed E-state index contributed by atoms with van der Waals surface area (Å²) in [7, 11) is -4.02. The zero-order valence-electron chi connectivity index (χ0n) is 26.4. The van der Waals surface area contributed by atoms with E-state index in [1.807, 2.05) is 6.92 Å². The average molecular weight is 656 g/mol. The van der Waals surface area contributed by atoms with Crippen LogP contribution >= 0.6 is 0 Å². The summed E-state index contributed by atoms with van der Waals surface area (Å²) in [4.78, 5) is 19.8. The molecule has 9 nitrogen and oxygen atoms in total. The van der Waals surface area contributed by atoms with Crippen LogP contribution in [0.2, 0.25) is 0 Å². The second-order valence-electron chi connectivity index (χ2n) is 10.7. The molecule has 1 aliphatic rings. The van der Waals surface area contributed by atoms with Crippen LogP contribution in [0.15, 0.2) is 70.9 Å². The number of alkyl halides is 3. The Bertz CT molecular complexity index is 1390. The third-order valence-corrected chi connectivity index (χ3v) is 9.51. The zero-order valence-corrected chi connectivity index (χ0v) is 27.2. The first-order chi connectivity index (χ1) is 21.2. The van der Waals surface area contributed by atoms with Crippen LogP contribution in [0.4, 0.5) is 13.2 Å². The molecule has 13 heteroatoms. The van der Waals surface area contributed by atoms with Gasteiger partial charge in [0.15, 0.2) is 14.6 Å². The Hall–Kier alpha value is -3.58. The summed E-state index contributed by atoms with van der Waals surface area (Å²) in [5.41, 5.74) is 5.94. The quantitative estimate of drug-likeness (QED) is 0.105. The lowest BCUT2D eigenvalue weighted by molar-refractivity contribution is -0.274. The Balaban J connectivity index is 0.00000226. The summed E-state index contributed by atoms with van der Waals surface area (Å²) in [5, 5.41) is 3.86. The predicted molar refractivity (Wildman–Crippen MR) is 168 cm³/mol. The van der Waals surface area contributed by atoms with Gasteiger partial charge in [-0.25, -0.2) is 8.42 Å². The van der Waals surface area contributed by atoms with Crippen LogP contribution in [0.25, 0.3) is 0 Å². The van der Waals surface area contributed by atoms with Crippen molar-refractivity contribution in [1.29, 1.82) is 0 Å². The highest BCUT2D eigenvalue weighted by Gasteiger charge is 2.51. The highest BCUT2D eigenvalue weighted by Crippen LogP contribution is 2.36. The maximum Gasteiger partial charge on any atom is 0.573 e. The van der Waals surface area contributed by atoms with Gasteiger partial charge in [-0.05, 0) is 75.5 Å². The average Bonchev–Trinajstić information content (AvgIpc) is 2.98. The van der Waals surface area contributed by atoms with E-state index < -0.39 is 32.6 Å². The largest absolute Gasteiger partial charge is 0.573 e. The van der Waals surface area contributed by atoms with Gasteiger partial charge in [-0.2, -0.15) is 0 Å². The molecule has 1 aliphatic heterocycles. The number of piperidine rings is 1. The number of rotatable bonds is 14. The maximum absolute atomic E-state index is 13.5. The number of carbonyl (C=O) groups excluding carboxylic acids is 1. The van der Waals surface area contributed by atoms with Crippen molar-refractivity contribution in [3.63, 3.8) is 0 Å². The highest BCUT2D eigenvalue weighted by atomic mass is 32.2. The van der Waals surface area contributed by atoms with Crippen LogP contribution < -0.4 is 15.2 Å². The van der Waals surface area contributed by atoms with E-state index in [9.17, 15) is 26.4 Å². The molecule has 1 heterocycles. The van der Waals surface area contributed by atoms with Gasteiger partial charge in [-0.3, -0.25) is 4.79 Å². The fourth-order valence-corrected chi connectivity index (χ4v) is 6.64. The topological polar surface area (TPSA) is 121 Å². The molecule has 0 spiro atoms. The normalized spacial score (nSPS) is 15.4. The lowest BCUT2D eigenvalue weighted by Crippen LogP contribution is -2.56. The molecule has 3 rings (SSSR count). The van der Waals surface area contributed by atoms with E-state index in [4.69, 9.17) is 15.3 Å². The van der Waals surface area contributed by atoms with E-state index in [1.54, 1.807) is 6.07 Å². The van der Waals surface area contributed by atoms with Gasteiger partial charge in [0.1, 0.15) is 17.3 Å². The van der Waals surface area contributed by atoms with E-state index >= 15 is 0 Å². The number of hydrogen-bond acceptors (Lipinski definition) is 8. The molecular weight excluding hydrogens is 611 g/mol. The van der Waals surface area contributed by atoms with Crippen LogP contribution in [0.3, 0.4) is 0 Å². The van der Waals surface area contributed by atoms with Crippen molar-refractivity contribution < 1.29 is 40.7 Å². The maximum atomic E-state index is 13.5. The number of hydrogen-bond donors (Lipinski definition) is 1. The van der Waals surface area contributed by atoms with E-state index in [2.05, 4.69) is 35.2 Å². The van der Waals surface area contributed by atoms with Crippen molar-refractivity contribution in [2.75, 3.05) is 26.2 Å². The van der Waals surface area contributed by atoms with E-state index in [1.165, 1.54) is 55.8 Å². The van der Waals surface area contributed by atoms with Crippen molar-refractivity contribution in [1.82, 2.24) is 4.90 Å². The number of primary amides is 1. The SMILES string of the molecule is C=C(CCCOc1ccc(S(=O)(=O)C2(C(N)=O)CCN(CCC)CC2)cc1)O/N=C(\C)c1ccccc1OC(F)(F)F.CCC. The lowest BCUT2D eigenvalue weighted by Gasteiger charge is -2.38. The molecule has 1 saturated heterocycles. The van der Waals surface area contributed by atoms with Crippen LogP contribution in [0.1, 0.15) is 71.8 Å². The first-order valence-corrected chi connectivity index (χ1v) is 16.4. The van der Waals surface area contributed by atoms with Crippen LogP contribution in [0, 0.1) is 0 Å². The number of halogens is 3. The fourth-order valence-electron chi connectivity index (χ4n) is 4.71. The number of para-hydroxylation sites is 1. The number of oxime groups is 1. The number of benzene rings is 2. The monoisotopic (exact) mass is 655 g/mol. The Morgan fingerprint density at radius 2 is 1.67 bits per heavy atom. The molecule has 0 bridgehead atoms. The molecule has 0 unspecified atom stereocenters. The zero-order chi connectivity index (χ0) is 33.7. The molecule has 1 amide bonds. The molecule has 0 aromatic heterocycles. The van der Waals surface area contributed by atoms with Gasteiger partial charge in [0.05, 0.1) is 17.2 Å². The standard InChI is InChI=1S/C29H36F3N3O6S.C3H8/c1-4-17-35-18-15-28(16-19-35,27(33)36)42(37,38)24-13-11-23(12-14-24)39-20-7-8-21(2)41-34-22(3)25-9-5-6-10-26(25)40-29(30,31)32;1-3-2/h5-6,9-14H,2,4,7-8,15-20H2,1,3H3,(H2,33,36);3H2,1-2H3/b34-22+;. The molecule has 1 fully saturated rings. The van der Waals surface area contributed by atoms with Gasteiger partial charge in [0.2, 0.25) is 5.91 Å². The molecular formula is C32H44F3N3O6S. The van der Waals surface area contributed by atoms with Gasteiger partial charge in [-0.15, -0.1) is 13.2 Å². The molecule has 0 radical (unpaired) electrons. The molecule has 0 saturated carbocycles. The van der Waals surface area contributed by atoms with Crippen molar-refractivity contribution in [2.45, 2.75) is 82.2 Å². The lowest BCUT2D eigenvalue weighted by atomic mass is 9.95. The molecule has 2 N–H and O–H groups in total. The number of nitrogens with two attached hydrogens (primary N) is 1. The minimum atomic E-state index is -4.84. The van der Waals surface area contributed by atoms with Gasteiger partial charge in [-0.1, -0.05) is 51.1 Å². The Morgan fingerprint density at radius 1 is 1.07 bits per heavy atom. The van der Waals surface area contributed by atoms with Gasteiger partial charge < -0.3 is 24.9 Å². The van der Waals surface area contributed by atoms with Crippen molar-refractivity contribution in [3.05, 3.63) is 66.4 Å². The van der Waals surface area contributed by atoms with Crippen molar-refractivity contribution in [2.24, 2.45) is 10.9 Å². The third-order valence-electron chi connectivity index (χ3n) is 6.98. The number of nitrogens with zero attached hydrogens (tertiary/aromatic N) is 2. The second-order valence-corrected chi connectivity index (χ2v) is 12.9. The minimum Gasteiger partial charge on any atom is -0.494 e. The number of likely N-dealkylation sites (tertiary alicyclic amines) is 1. The van der Waals surface area contributed by atoms with Crippen LogP contribution in [0.5, 0.6) is 11.5 Å². The summed E-state index contributed by atoms with van der Waals surface area (Å²) >= 11 is 0. The number of sulfone groups is 1. The molecule has 2 aromatic carbocycles. The highest BCUT2D eigenvalue weighted by molar-refractivity contribution is 7.93. The van der Waals surface area contributed by atoms with Crippen LogP contribution in [-0.4, -0.2) is 62.3 Å². The summed E-state index contributed by atoms with van der Waals surface area (Å²) in [6.45, 7) is 13.6. The molecule has 45 heavy (non-hydrogen) atoms. The van der Waals surface area contributed by atoms with Crippen LogP contribution in [-0.2, 0) is 19.5 Å². The molecule has 250 valence electrons. The van der Waals surface area contributed by atoms with E-state index in [-0.39, 0.29) is 41.4 Å². The van der Waals surface area contributed by atoms with Gasteiger partial charge >= 0.3 is 6.36 Å². The molecule has 0 atom stereocenters. The van der Waals surface area contributed by atoms with Crippen molar-refractivity contribution in [3.8, 4) is 11.5 Å². The second kappa shape index (κ2) is 17.2. The Kier molecular flexibility index (Phi) is 14.4. The first-order valence-electron chi connectivity index (χ1n) is 14.9. The smallest absolute Gasteiger partial charge is 0.494 e. The Labute approximate surface area is 264 Å². The number of ether oxygens (including phenoxy) is 2. The van der Waals surface area contributed by atoms with Crippen molar-refractivity contribution >= 4 is 21.5 Å². The first kappa shape index (κ1) is 37.6. The molecule has 2 aromatic rings. The number of carbonyl (C=O) groups is 1. The summed E-state index contributed by atoms with van der Waals surface area (Å²) < 4.78 is 73.0. The number of amides is 1. The number of allylic oxidation sites excluding steroid dienone is 1. The summed E-state index contributed by atoms with van der Waals surface area (Å²) in [6, 6.07) is 11.4. The van der Waals surface area contributed by atoms with Gasteiger partial charge in [0.25, 0.3) is 0 Å². The minimum absolute atomic E-state index is 0.00908. The fraction of sp³-hybridized carbons (Fsp3) is 0.500.